The number of allylic oxidation sites excluding steroid dienone is 2. The number of rotatable bonds is 4. The molecule has 0 atom stereocenters. The summed E-state index contributed by atoms with van der Waals surface area (Å²) in [7, 11) is 0. The zero-order valence-corrected chi connectivity index (χ0v) is 7.62. The van der Waals surface area contributed by atoms with E-state index in [2.05, 4.69) is 33.0 Å². The lowest BCUT2D eigenvalue weighted by molar-refractivity contribution is 0.732. The molecule has 0 aliphatic carbocycles. The largest absolute Gasteiger partial charge is 0.388 e. The molecular weight excluding hydrogens is 122 g/mol. The van der Waals surface area contributed by atoms with Gasteiger partial charge in [-0.2, -0.15) is 0 Å². The average Bonchev–Trinajstić information content (AvgIpc) is 1.89. The lowest BCUT2D eigenvalue weighted by Crippen LogP contribution is -2.14. The molecule has 1 N–H and O–H groups in total. The van der Waals surface area contributed by atoms with E-state index in [1.54, 1.807) is 0 Å². The first kappa shape index (κ1) is 9.54. The highest BCUT2D eigenvalue weighted by Crippen LogP contribution is 2.02. The molecule has 0 heterocycles. The van der Waals surface area contributed by atoms with E-state index in [1.807, 2.05) is 0 Å². The molecule has 0 spiro atoms. The molecule has 0 aromatic rings. The maximum atomic E-state index is 3.40. The minimum atomic E-state index is 1.11. The van der Waals surface area contributed by atoms with Crippen LogP contribution >= 0.6 is 0 Å². The molecule has 0 aliphatic heterocycles. The van der Waals surface area contributed by atoms with Gasteiger partial charge >= 0.3 is 0 Å². The molecule has 1 heteroatoms. The summed E-state index contributed by atoms with van der Waals surface area (Å²) < 4.78 is 0. The third-order valence-corrected chi connectivity index (χ3v) is 1.55. The van der Waals surface area contributed by atoms with Gasteiger partial charge in [0.25, 0.3) is 0 Å². The zero-order valence-electron chi connectivity index (χ0n) is 7.62. The lowest BCUT2D eigenvalue weighted by Gasteiger charge is -2.09. The first-order valence-electron chi connectivity index (χ1n) is 4.12. The Morgan fingerprint density at radius 3 is 2.10 bits per heavy atom. The Bertz CT molecular complexity index is 110. The van der Waals surface area contributed by atoms with Crippen molar-refractivity contribution in [3.8, 4) is 0 Å². The van der Waals surface area contributed by atoms with Gasteiger partial charge in [0.2, 0.25) is 0 Å². The first-order chi connectivity index (χ1) is 4.72. The van der Waals surface area contributed by atoms with E-state index in [9.17, 15) is 0 Å². The number of nitrogens with one attached hydrogen (secondary N) is 1. The first-order valence-corrected chi connectivity index (χ1v) is 4.12. The smallest absolute Gasteiger partial charge is 0.0141 e. The van der Waals surface area contributed by atoms with Crippen LogP contribution in [0.1, 0.15) is 40.5 Å². The van der Waals surface area contributed by atoms with Crippen LogP contribution in [-0.2, 0) is 0 Å². The van der Waals surface area contributed by atoms with E-state index >= 15 is 0 Å². The van der Waals surface area contributed by atoms with Crippen LogP contribution in [0, 0.1) is 0 Å². The average molecular weight is 141 g/mol. The zero-order chi connectivity index (χ0) is 7.98. The molecule has 0 bridgehead atoms. The van der Waals surface area contributed by atoms with Crippen LogP contribution in [0.2, 0.25) is 0 Å². The van der Waals surface area contributed by atoms with Gasteiger partial charge in [0.1, 0.15) is 0 Å². The van der Waals surface area contributed by atoms with Gasteiger partial charge in [-0.05, 0) is 26.7 Å². The Morgan fingerprint density at radius 2 is 1.80 bits per heavy atom. The van der Waals surface area contributed by atoms with Gasteiger partial charge in [-0.25, -0.2) is 0 Å². The Morgan fingerprint density at radius 1 is 1.20 bits per heavy atom. The summed E-state index contributed by atoms with van der Waals surface area (Å²) in [5, 5.41) is 3.40. The maximum absolute atomic E-state index is 3.40. The fourth-order valence-corrected chi connectivity index (χ4v) is 0.931. The van der Waals surface area contributed by atoms with E-state index in [4.69, 9.17) is 0 Å². The van der Waals surface area contributed by atoms with Crippen LogP contribution in [0.25, 0.3) is 0 Å². The summed E-state index contributed by atoms with van der Waals surface area (Å²) in [6.07, 6.45) is 2.33. The summed E-state index contributed by atoms with van der Waals surface area (Å²) in [5.41, 5.74) is 2.82. The topological polar surface area (TPSA) is 12.0 Å². The van der Waals surface area contributed by atoms with E-state index in [0.717, 1.165) is 13.0 Å². The molecule has 60 valence electrons. The Hall–Kier alpha value is -0.460. The van der Waals surface area contributed by atoms with E-state index in [-0.39, 0.29) is 0 Å². The highest BCUT2D eigenvalue weighted by molar-refractivity contribution is 5.06. The third kappa shape index (κ3) is 3.54. The van der Waals surface area contributed by atoms with Crippen LogP contribution < -0.4 is 5.32 Å². The highest BCUT2D eigenvalue weighted by atomic mass is 14.9. The molecule has 1 nitrogen and oxygen atoms in total. The predicted molar refractivity (Wildman–Crippen MR) is 47.0 cm³/mol. The summed E-state index contributed by atoms with van der Waals surface area (Å²) in [6, 6.07) is 0. The normalized spacial score (nSPS) is 9.20. The third-order valence-electron chi connectivity index (χ3n) is 1.55. The minimum absolute atomic E-state index is 1.11. The van der Waals surface area contributed by atoms with Crippen molar-refractivity contribution in [1.29, 1.82) is 0 Å². The Labute approximate surface area is 64.5 Å². The van der Waals surface area contributed by atoms with Gasteiger partial charge in [-0.15, -0.1) is 0 Å². The molecule has 0 radical (unpaired) electrons. The van der Waals surface area contributed by atoms with Gasteiger partial charge in [0.15, 0.2) is 0 Å². The van der Waals surface area contributed by atoms with Crippen LogP contribution in [0.4, 0.5) is 0 Å². The fraction of sp³-hybridized carbons (Fsp3) is 0.778. The summed E-state index contributed by atoms with van der Waals surface area (Å²) in [5.74, 6) is 0. The van der Waals surface area contributed by atoms with Crippen molar-refractivity contribution in [2.45, 2.75) is 40.5 Å². The van der Waals surface area contributed by atoms with Crippen molar-refractivity contribution < 1.29 is 0 Å². The fourth-order valence-electron chi connectivity index (χ4n) is 0.931. The van der Waals surface area contributed by atoms with Gasteiger partial charge < -0.3 is 5.32 Å². The van der Waals surface area contributed by atoms with E-state index in [1.165, 1.54) is 17.7 Å². The van der Waals surface area contributed by atoms with Crippen molar-refractivity contribution in [3.63, 3.8) is 0 Å². The molecule has 0 saturated heterocycles. The summed E-state index contributed by atoms with van der Waals surface area (Å²) in [4.78, 5) is 0. The highest BCUT2D eigenvalue weighted by Gasteiger charge is 1.92. The van der Waals surface area contributed by atoms with Crippen molar-refractivity contribution >= 4 is 0 Å². The van der Waals surface area contributed by atoms with Crippen molar-refractivity contribution in [2.75, 3.05) is 6.54 Å². The molecule has 0 aromatic carbocycles. The summed E-state index contributed by atoms with van der Waals surface area (Å²) >= 11 is 0. The van der Waals surface area contributed by atoms with Crippen LogP contribution in [0.5, 0.6) is 0 Å². The van der Waals surface area contributed by atoms with E-state index < -0.39 is 0 Å². The van der Waals surface area contributed by atoms with Gasteiger partial charge in [0.05, 0.1) is 0 Å². The number of hydrogen-bond donors (Lipinski definition) is 1. The van der Waals surface area contributed by atoms with Gasteiger partial charge in [-0.3, -0.25) is 0 Å². The quantitative estimate of drug-likeness (QED) is 0.634. The van der Waals surface area contributed by atoms with Crippen molar-refractivity contribution in [1.82, 2.24) is 5.32 Å². The molecule has 0 fully saturated rings. The Kier molecular flexibility index (Phi) is 5.09. The second kappa shape index (κ2) is 5.33. The van der Waals surface area contributed by atoms with E-state index in [0.29, 0.717) is 0 Å². The molecule has 0 unspecified atom stereocenters. The Balaban J connectivity index is 3.73. The molecular formula is C9H19N. The second-order valence-electron chi connectivity index (χ2n) is 2.76. The van der Waals surface area contributed by atoms with Gasteiger partial charge in [0, 0.05) is 12.2 Å². The molecule has 0 aromatic heterocycles. The SMILES string of the molecule is CCCNC(CC)=C(C)C. The predicted octanol–water partition coefficient (Wildman–Crippen LogP) is 2.69. The molecule has 0 amide bonds. The van der Waals surface area contributed by atoms with Crippen LogP contribution in [0.15, 0.2) is 11.3 Å². The second-order valence-corrected chi connectivity index (χ2v) is 2.76. The van der Waals surface area contributed by atoms with Gasteiger partial charge in [-0.1, -0.05) is 19.4 Å². The maximum Gasteiger partial charge on any atom is 0.0141 e. The van der Waals surface area contributed by atoms with Crippen molar-refractivity contribution in [2.24, 2.45) is 0 Å². The molecule has 10 heavy (non-hydrogen) atoms. The molecule has 0 aliphatic rings. The molecule has 0 rings (SSSR count). The van der Waals surface area contributed by atoms with Crippen LogP contribution in [0.3, 0.4) is 0 Å². The summed E-state index contributed by atoms with van der Waals surface area (Å²) in [6.45, 7) is 9.79. The van der Waals surface area contributed by atoms with Crippen molar-refractivity contribution in [3.05, 3.63) is 11.3 Å². The monoisotopic (exact) mass is 141 g/mol. The lowest BCUT2D eigenvalue weighted by atomic mass is 10.2. The standard InChI is InChI=1S/C9H19N/c1-5-7-10-9(6-2)8(3)4/h10H,5-7H2,1-4H3. The number of hydrogen-bond acceptors (Lipinski definition) is 1. The minimum Gasteiger partial charge on any atom is -0.388 e. The molecule has 0 saturated carbocycles. The van der Waals surface area contributed by atoms with Crippen LogP contribution in [-0.4, -0.2) is 6.54 Å².